The molecule has 0 radical (unpaired) electrons. The molecule has 1 aromatic carbocycles. The number of aromatic hydroxyl groups is 1. The van der Waals surface area contributed by atoms with Gasteiger partial charge in [-0.3, -0.25) is 33.8 Å². The number of para-hydroxylation sites is 1. The molecule has 2 heterocycles. The van der Waals surface area contributed by atoms with Crippen LogP contribution in [0.2, 0.25) is 0 Å². The second-order valence-electron chi connectivity index (χ2n) is 10.0. The predicted octanol–water partition coefficient (Wildman–Crippen LogP) is 2.38. The Morgan fingerprint density at radius 1 is 1.14 bits per heavy atom. The molecule has 6 atom stereocenters. The van der Waals surface area contributed by atoms with E-state index in [1.54, 1.807) is 6.08 Å². The number of hydrogen-bond donors (Lipinski definition) is 2. The molecule has 1 saturated carbocycles. The topological polar surface area (TPSA) is 132 Å². The number of hydrogen-bond acceptors (Lipinski definition) is 6. The summed E-state index contributed by atoms with van der Waals surface area (Å²) in [6, 6.07) is 3.74. The van der Waals surface area contributed by atoms with Gasteiger partial charge in [0.15, 0.2) is 21.3 Å². The number of carboxylic acids is 1. The number of carboxylic acid groups (broad SMARTS) is 1. The number of alkyl halides is 2. The minimum absolute atomic E-state index is 0.0547. The number of carbonyl (C=O) groups is 5. The third kappa shape index (κ3) is 3.31. The van der Waals surface area contributed by atoms with Gasteiger partial charge < -0.3 is 10.2 Å². The van der Waals surface area contributed by atoms with Crippen LogP contribution in [0.1, 0.15) is 37.2 Å². The quantitative estimate of drug-likeness (QED) is 0.325. The fraction of sp³-hybridized carbons (Fsp3) is 0.480. The van der Waals surface area contributed by atoms with E-state index in [0.29, 0.717) is 5.57 Å². The van der Waals surface area contributed by atoms with Crippen LogP contribution >= 0.6 is 23.2 Å². The summed E-state index contributed by atoms with van der Waals surface area (Å²) in [4.78, 5) is 62.0. The second kappa shape index (κ2) is 8.52. The highest BCUT2D eigenvalue weighted by Crippen LogP contribution is 2.66. The van der Waals surface area contributed by atoms with Crippen molar-refractivity contribution in [1.82, 2.24) is 9.80 Å². The minimum atomic E-state index is -2.12. The molecule has 3 fully saturated rings. The molecule has 2 N–H and O–H groups in total. The minimum Gasteiger partial charge on any atom is -0.505 e. The average Bonchev–Trinajstić information content (AvgIpc) is 3.16. The molecule has 5 rings (SSSR count). The van der Waals surface area contributed by atoms with Gasteiger partial charge >= 0.3 is 5.97 Å². The van der Waals surface area contributed by atoms with Crippen LogP contribution in [0.25, 0.3) is 0 Å². The fourth-order valence-electron chi connectivity index (χ4n) is 6.53. The van der Waals surface area contributed by atoms with Crippen molar-refractivity contribution in [1.29, 1.82) is 0 Å². The molecule has 4 amide bonds. The molecule has 6 unspecified atom stereocenters. The molecule has 0 spiro atoms. The maximum absolute atomic E-state index is 14.5. The number of phenolic OH excluding ortho intramolecular Hbond substituents is 1. The number of fused-ring (bicyclic) bond motifs is 4. The smallest absolute Gasteiger partial charge is 0.303 e. The van der Waals surface area contributed by atoms with Crippen molar-refractivity contribution in [2.24, 2.45) is 17.8 Å². The van der Waals surface area contributed by atoms with E-state index in [2.05, 4.69) is 0 Å². The molecule has 196 valence electrons. The van der Waals surface area contributed by atoms with Crippen LogP contribution in [0.15, 0.2) is 29.8 Å². The standard InChI is InChI=1S/C25H23Cl2FN2O7/c1-29-22(36)24(26)10-14-11(18(25(24,27)23(29)37)13-4-2-5-15(28)19(13)33)7-8-12-17(14)21(35)30(20(12)34)9-3-6-16(31)32/h2,4-5,7,12,14,17-18,33H,3,6,8-10H2,1H3,(H,31,32). The monoisotopic (exact) mass is 552 g/mol. The van der Waals surface area contributed by atoms with Crippen LogP contribution in [-0.4, -0.2) is 73.0 Å². The zero-order valence-corrected chi connectivity index (χ0v) is 21.1. The van der Waals surface area contributed by atoms with E-state index in [1.807, 2.05) is 0 Å². The van der Waals surface area contributed by atoms with E-state index in [9.17, 15) is 33.5 Å². The number of rotatable bonds is 5. The Labute approximate surface area is 220 Å². The second-order valence-corrected chi connectivity index (χ2v) is 11.2. The number of imide groups is 2. The van der Waals surface area contributed by atoms with Gasteiger partial charge in [-0.25, -0.2) is 4.39 Å². The van der Waals surface area contributed by atoms with Crippen molar-refractivity contribution in [2.45, 2.75) is 41.3 Å². The normalized spacial score (nSPS) is 34.9. The molecule has 9 nitrogen and oxygen atoms in total. The van der Waals surface area contributed by atoms with Crippen LogP contribution in [0.4, 0.5) is 4.39 Å². The van der Waals surface area contributed by atoms with Gasteiger partial charge in [0.05, 0.1) is 11.8 Å². The van der Waals surface area contributed by atoms with Crippen molar-refractivity contribution in [3.05, 3.63) is 41.2 Å². The van der Waals surface area contributed by atoms with Gasteiger partial charge in [0.25, 0.3) is 11.8 Å². The molecular formula is C25H23Cl2FN2O7. The number of benzene rings is 1. The Balaban J connectivity index is 1.64. The first-order chi connectivity index (χ1) is 17.4. The molecule has 4 aliphatic rings. The Hall–Kier alpha value is -2.98. The Morgan fingerprint density at radius 2 is 1.84 bits per heavy atom. The lowest BCUT2D eigenvalue weighted by Crippen LogP contribution is -2.60. The highest BCUT2D eigenvalue weighted by molar-refractivity contribution is 6.53. The van der Waals surface area contributed by atoms with E-state index in [1.165, 1.54) is 19.2 Å². The lowest BCUT2D eigenvalue weighted by molar-refractivity contribution is -0.142. The lowest BCUT2D eigenvalue weighted by Gasteiger charge is -2.50. The molecule has 2 saturated heterocycles. The summed E-state index contributed by atoms with van der Waals surface area (Å²) in [7, 11) is 1.23. The number of nitrogens with zero attached hydrogens (tertiary/aromatic N) is 2. The molecule has 2 aliphatic heterocycles. The van der Waals surface area contributed by atoms with E-state index >= 15 is 0 Å². The van der Waals surface area contributed by atoms with Crippen molar-refractivity contribution >= 4 is 52.8 Å². The summed E-state index contributed by atoms with van der Waals surface area (Å²) in [5.41, 5.74) is 0.374. The first kappa shape index (κ1) is 25.7. The average molecular weight is 553 g/mol. The molecule has 37 heavy (non-hydrogen) atoms. The van der Waals surface area contributed by atoms with Crippen LogP contribution in [0, 0.1) is 23.6 Å². The molecule has 0 bridgehead atoms. The number of allylic oxidation sites excluding steroid dienone is 2. The van der Waals surface area contributed by atoms with Gasteiger partial charge in [-0.05, 0) is 31.2 Å². The Morgan fingerprint density at radius 3 is 2.51 bits per heavy atom. The SMILES string of the molecule is CN1C(=O)C2(Cl)CC3C(=CCC4C(=O)N(CCCC(=O)O)C(=O)C43)C(c3cccc(F)c3O)C2(Cl)C1=O. The molecule has 0 aromatic heterocycles. The summed E-state index contributed by atoms with van der Waals surface area (Å²) in [5, 5.41) is 19.6. The van der Waals surface area contributed by atoms with E-state index < -0.39 is 74.6 Å². The van der Waals surface area contributed by atoms with Gasteiger partial charge in [0, 0.05) is 31.5 Å². The number of carbonyl (C=O) groups excluding carboxylic acids is 4. The van der Waals surface area contributed by atoms with Gasteiger partial charge in [-0.15, -0.1) is 23.2 Å². The van der Waals surface area contributed by atoms with Gasteiger partial charge in [-0.1, -0.05) is 23.8 Å². The van der Waals surface area contributed by atoms with Crippen LogP contribution < -0.4 is 0 Å². The largest absolute Gasteiger partial charge is 0.505 e. The number of phenols is 1. The van der Waals surface area contributed by atoms with Crippen molar-refractivity contribution in [3.8, 4) is 5.75 Å². The number of likely N-dealkylation sites (tertiary alicyclic amines) is 2. The van der Waals surface area contributed by atoms with Gasteiger partial charge in [-0.2, -0.15) is 0 Å². The lowest BCUT2D eigenvalue weighted by atomic mass is 9.56. The summed E-state index contributed by atoms with van der Waals surface area (Å²) in [6.07, 6.45) is 1.42. The third-order valence-electron chi connectivity index (χ3n) is 8.21. The first-order valence-electron chi connectivity index (χ1n) is 11.8. The highest BCUT2D eigenvalue weighted by atomic mass is 35.5. The fourth-order valence-corrected chi connectivity index (χ4v) is 7.54. The van der Waals surface area contributed by atoms with E-state index in [-0.39, 0.29) is 37.8 Å². The zero-order valence-electron chi connectivity index (χ0n) is 19.6. The van der Waals surface area contributed by atoms with Crippen molar-refractivity contribution in [3.63, 3.8) is 0 Å². The molecule has 1 aromatic rings. The highest BCUT2D eigenvalue weighted by Gasteiger charge is 2.76. The summed E-state index contributed by atoms with van der Waals surface area (Å²) in [5.74, 6) is -9.09. The molecule has 2 aliphatic carbocycles. The number of amides is 4. The van der Waals surface area contributed by atoms with Gasteiger partial charge in [0.2, 0.25) is 11.8 Å². The van der Waals surface area contributed by atoms with E-state index in [0.717, 1.165) is 15.9 Å². The van der Waals surface area contributed by atoms with E-state index in [4.69, 9.17) is 28.3 Å². The predicted molar refractivity (Wildman–Crippen MR) is 127 cm³/mol. The number of aliphatic carboxylic acids is 1. The number of halogens is 3. The maximum Gasteiger partial charge on any atom is 0.303 e. The molecule has 12 heteroatoms. The Kier molecular flexibility index (Phi) is 5.91. The van der Waals surface area contributed by atoms with Crippen molar-refractivity contribution < 1.29 is 38.6 Å². The first-order valence-corrected chi connectivity index (χ1v) is 12.6. The zero-order chi connectivity index (χ0) is 27.0. The van der Waals surface area contributed by atoms with Crippen LogP contribution in [0.5, 0.6) is 5.75 Å². The maximum atomic E-state index is 14.5. The Bertz CT molecular complexity index is 1300. The molecular weight excluding hydrogens is 530 g/mol. The summed E-state index contributed by atoms with van der Waals surface area (Å²) < 4.78 is 14.5. The summed E-state index contributed by atoms with van der Waals surface area (Å²) >= 11 is 13.9. The van der Waals surface area contributed by atoms with Crippen molar-refractivity contribution in [2.75, 3.05) is 13.6 Å². The summed E-state index contributed by atoms with van der Waals surface area (Å²) in [6.45, 7) is -0.0707. The third-order valence-corrected chi connectivity index (χ3v) is 9.62. The van der Waals surface area contributed by atoms with Crippen LogP contribution in [-0.2, 0) is 24.0 Å². The van der Waals surface area contributed by atoms with Crippen LogP contribution in [0.3, 0.4) is 0 Å². The van der Waals surface area contributed by atoms with Gasteiger partial charge in [0.1, 0.15) is 0 Å².